The summed E-state index contributed by atoms with van der Waals surface area (Å²) in [6, 6.07) is 0.752. The molecule has 1 aromatic heterocycles. The van der Waals surface area contributed by atoms with E-state index in [9.17, 15) is 0 Å². The number of aryl methyl sites for hydroxylation is 2. The lowest BCUT2D eigenvalue weighted by molar-refractivity contribution is 0.167. The normalized spacial score (nSPS) is 22.2. The third kappa shape index (κ3) is 3.27. The van der Waals surface area contributed by atoms with Crippen molar-refractivity contribution in [1.82, 2.24) is 14.9 Å². The quantitative estimate of drug-likeness (QED) is 0.856. The molecular weight excluding hydrogens is 272 g/mol. The first kappa shape index (κ1) is 15.7. The minimum absolute atomic E-state index is 0.752. The fraction of sp³-hybridized carbons (Fsp3) is 0.778. The molecule has 0 saturated carbocycles. The van der Waals surface area contributed by atoms with Crippen LogP contribution in [0, 0.1) is 12.8 Å². The third-order valence-electron chi connectivity index (χ3n) is 5.58. The van der Waals surface area contributed by atoms with E-state index in [2.05, 4.69) is 28.6 Å². The number of hydrogen-bond acceptors (Lipinski definition) is 4. The van der Waals surface area contributed by atoms with Crippen LogP contribution < -0.4 is 4.90 Å². The summed E-state index contributed by atoms with van der Waals surface area (Å²) in [4.78, 5) is 14.3. The standard InChI is InChI=1S/C18H30N4/c1-4-16-13-19-15(3)20-18(16)22-11-7-17(8-12-22)14(2)21-9-5-6-10-21/h13-14,17H,4-12H2,1-3H3. The molecule has 4 heteroatoms. The van der Waals surface area contributed by atoms with Gasteiger partial charge in [0, 0.05) is 30.9 Å². The van der Waals surface area contributed by atoms with Crippen molar-refractivity contribution in [2.45, 2.75) is 58.9 Å². The van der Waals surface area contributed by atoms with Gasteiger partial charge >= 0.3 is 0 Å². The Morgan fingerprint density at radius 1 is 1.18 bits per heavy atom. The summed E-state index contributed by atoms with van der Waals surface area (Å²) in [5.74, 6) is 2.92. The van der Waals surface area contributed by atoms with Crippen molar-refractivity contribution in [3.05, 3.63) is 17.6 Å². The van der Waals surface area contributed by atoms with Crippen molar-refractivity contribution < 1.29 is 0 Å². The van der Waals surface area contributed by atoms with Crippen LogP contribution in [-0.2, 0) is 6.42 Å². The highest BCUT2D eigenvalue weighted by Gasteiger charge is 2.29. The summed E-state index contributed by atoms with van der Waals surface area (Å²) in [6.07, 6.45) is 8.40. The molecule has 2 saturated heterocycles. The molecule has 1 unspecified atom stereocenters. The maximum atomic E-state index is 4.72. The van der Waals surface area contributed by atoms with Crippen LogP contribution in [0.5, 0.6) is 0 Å². The van der Waals surface area contributed by atoms with Gasteiger partial charge in [0.15, 0.2) is 0 Å². The fourth-order valence-corrected chi connectivity index (χ4v) is 4.05. The molecule has 1 aromatic rings. The molecular formula is C18H30N4. The number of piperidine rings is 1. The molecule has 0 spiro atoms. The van der Waals surface area contributed by atoms with E-state index >= 15 is 0 Å². The Bertz CT molecular complexity index is 488. The Labute approximate surface area is 134 Å². The molecule has 1 atom stereocenters. The number of rotatable bonds is 4. The zero-order valence-corrected chi connectivity index (χ0v) is 14.4. The van der Waals surface area contributed by atoms with Crippen LogP contribution in [0.2, 0.25) is 0 Å². The van der Waals surface area contributed by atoms with Crippen molar-refractivity contribution in [2.24, 2.45) is 5.92 Å². The van der Waals surface area contributed by atoms with Crippen LogP contribution in [0.3, 0.4) is 0 Å². The zero-order valence-electron chi connectivity index (χ0n) is 14.4. The summed E-state index contributed by atoms with van der Waals surface area (Å²) in [7, 11) is 0. The molecule has 122 valence electrons. The fourth-order valence-electron chi connectivity index (χ4n) is 4.05. The second-order valence-corrected chi connectivity index (χ2v) is 6.93. The van der Waals surface area contributed by atoms with Crippen molar-refractivity contribution in [3.63, 3.8) is 0 Å². The highest BCUT2D eigenvalue weighted by molar-refractivity contribution is 5.46. The van der Waals surface area contributed by atoms with Crippen LogP contribution in [0.25, 0.3) is 0 Å². The van der Waals surface area contributed by atoms with Gasteiger partial charge in [-0.05, 0) is 65.0 Å². The lowest BCUT2D eigenvalue weighted by atomic mass is 9.89. The largest absolute Gasteiger partial charge is 0.356 e. The van der Waals surface area contributed by atoms with Gasteiger partial charge in [-0.2, -0.15) is 0 Å². The molecule has 2 aliphatic heterocycles. The molecule has 3 heterocycles. The molecule has 0 bridgehead atoms. The lowest BCUT2D eigenvalue weighted by Gasteiger charge is -2.39. The molecule has 4 nitrogen and oxygen atoms in total. The molecule has 22 heavy (non-hydrogen) atoms. The average molecular weight is 302 g/mol. The van der Waals surface area contributed by atoms with Gasteiger partial charge in [-0.25, -0.2) is 9.97 Å². The van der Waals surface area contributed by atoms with Crippen molar-refractivity contribution in [3.8, 4) is 0 Å². The van der Waals surface area contributed by atoms with E-state index in [0.29, 0.717) is 0 Å². The van der Waals surface area contributed by atoms with E-state index in [0.717, 1.165) is 37.3 Å². The van der Waals surface area contributed by atoms with Crippen LogP contribution >= 0.6 is 0 Å². The SMILES string of the molecule is CCc1cnc(C)nc1N1CCC(C(C)N2CCCC2)CC1. The maximum absolute atomic E-state index is 4.72. The molecule has 0 amide bonds. The lowest BCUT2D eigenvalue weighted by Crippen LogP contribution is -2.43. The minimum Gasteiger partial charge on any atom is -0.356 e. The minimum atomic E-state index is 0.752. The van der Waals surface area contributed by atoms with Gasteiger partial charge in [0.2, 0.25) is 0 Å². The molecule has 0 aliphatic carbocycles. The topological polar surface area (TPSA) is 32.3 Å². The molecule has 0 N–H and O–H groups in total. The summed E-state index contributed by atoms with van der Waals surface area (Å²) in [5.41, 5.74) is 1.29. The van der Waals surface area contributed by atoms with E-state index in [1.165, 1.54) is 50.2 Å². The predicted octanol–water partition coefficient (Wildman–Crippen LogP) is 3.05. The van der Waals surface area contributed by atoms with Gasteiger partial charge < -0.3 is 9.80 Å². The Balaban J connectivity index is 1.63. The second kappa shape index (κ2) is 6.95. The first-order chi connectivity index (χ1) is 10.7. The highest BCUT2D eigenvalue weighted by Crippen LogP contribution is 2.29. The van der Waals surface area contributed by atoms with Crippen molar-refractivity contribution >= 4 is 5.82 Å². The summed E-state index contributed by atoms with van der Waals surface area (Å²) in [5, 5.41) is 0. The van der Waals surface area contributed by atoms with Gasteiger partial charge in [0.25, 0.3) is 0 Å². The van der Waals surface area contributed by atoms with Crippen LogP contribution in [0.4, 0.5) is 5.82 Å². The third-order valence-corrected chi connectivity index (χ3v) is 5.58. The van der Waals surface area contributed by atoms with E-state index in [1.807, 2.05) is 13.1 Å². The van der Waals surface area contributed by atoms with E-state index in [-0.39, 0.29) is 0 Å². The van der Waals surface area contributed by atoms with Gasteiger partial charge in [-0.15, -0.1) is 0 Å². The number of aromatic nitrogens is 2. The predicted molar refractivity (Wildman–Crippen MR) is 91.4 cm³/mol. The molecule has 2 aliphatic rings. The zero-order chi connectivity index (χ0) is 15.5. The number of likely N-dealkylation sites (tertiary alicyclic amines) is 1. The smallest absolute Gasteiger partial charge is 0.135 e. The van der Waals surface area contributed by atoms with E-state index in [1.54, 1.807) is 0 Å². The number of nitrogens with zero attached hydrogens (tertiary/aromatic N) is 4. The van der Waals surface area contributed by atoms with Crippen LogP contribution in [0.15, 0.2) is 6.20 Å². The van der Waals surface area contributed by atoms with Crippen molar-refractivity contribution in [2.75, 3.05) is 31.1 Å². The monoisotopic (exact) mass is 302 g/mol. The Hall–Kier alpha value is -1.16. The summed E-state index contributed by atoms with van der Waals surface area (Å²) < 4.78 is 0. The number of anilines is 1. The first-order valence-electron chi connectivity index (χ1n) is 9.00. The van der Waals surface area contributed by atoms with Crippen molar-refractivity contribution in [1.29, 1.82) is 0 Å². The van der Waals surface area contributed by atoms with Gasteiger partial charge in [0.05, 0.1) is 0 Å². The molecule has 0 radical (unpaired) electrons. The van der Waals surface area contributed by atoms with Gasteiger partial charge in [-0.1, -0.05) is 6.92 Å². The second-order valence-electron chi connectivity index (χ2n) is 6.93. The molecule has 2 fully saturated rings. The Morgan fingerprint density at radius 2 is 1.86 bits per heavy atom. The highest BCUT2D eigenvalue weighted by atomic mass is 15.2. The Morgan fingerprint density at radius 3 is 2.50 bits per heavy atom. The summed E-state index contributed by atoms with van der Waals surface area (Å²) >= 11 is 0. The van der Waals surface area contributed by atoms with E-state index < -0.39 is 0 Å². The van der Waals surface area contributed by atoms with Crippen LogP contribution in [-0.4, -0.2) is 47.1 Å². The average Bonchev–Trinajstić information content (AvgIpc) is 3.09. The Kier molecular flexibility index (Phi) is 4.97. The summed E-state index contributed by atoms with van der Waals surface area (Å²) in [6.45, 7) is 11.5. The molecule has 3 rings (SSSR count). The molecule has 0 aromatic carbocycles. The van der Waals surface area contributed by atoms with E-state index in [4.69, 9.17) is 4.98 Å². The first-order valence-corrected chi connectivity index (χ1v) is 9.00. The van der Waals surface area contributed by atoms with Gasteiger partial charge in [0.1, 0.15) is 11.6 Å². The van der Waals surface area contributed by atoms with Crippen LogP contribution in [0.1, 0.15) is 50.9 Å². The maximum Gasteiger partial charge on any atom is 0.135 e. The number of hydrogen-bond donors (Lipinski definition) is 0. The van der Waals surface area contributed by atoms with Gasteiger partial charge in [-0.3, -0.25) is 0 Å².